The standard InChI is InChI=1S/C20H22F2N2O4/c1-4-18(25)24-15-8-5-13(6-9-15)12(2)23-19(26)14-7-10-16(28-20(21)22)17(11-14)27-3/h5-12,20H,4H2,1-3H3,(H,23,26)(H,24,25). The summed E-state index contributed by atoms with van der Waals surface area (Å²) in [5.41, 5.74) is 1.76. The normalized spacial score (nSPS) is 11.6. The molecule has 2 aromatic rings. The van der Waals surface area contributed by atoms with Gasteiger partial charge in [0.15, 0.2) is 11.5 Å². The summed E-state index contributed by atoms with van der Waals surface area (Å²) in [7, 11) is 1.30. The van der Waals surface area contributed by atoms with E-state index in [4.69, 9.17) is 4.74 Å². The second-order valence-corrected chi connectivity index (χ2v) is 5.96. The summed E-state index contributed by atoms with van der Waals surface area (Å²) in [6, 6.07) is 10.8. The number of hydrogen-bond acceptors (Lipinski definition) is 4. The van der Waals surface area contributed by atoms with Gasteiger partial charge in [0.1, 0.15) is 0 Å². The van der Waals surface area contributed by atoms with Crippen LogP contribution in [-0.4, -0.2) is 25.5 Å². The van der Waals surface area contributed by atoms with Gasteiger partial charge in [0.05, 0.1) is 13.2 Å². The minimum atomic E-state index is -2.99. The molecule has 0 heterocycles. The predicted octanol–water partition coefficient (Wildman–Crippen LogP) is 4.14. The minimum absolute atomic E-state index is 0.0385. The van der Waals surface area contributed by atoms with E-state index in [2.05, 4.69) is 15.4 Å². The van der Waals surface area contributed by atoms with Crippen LogP contribution in [0.5, 0.6) is 11.5 Å². The summed E-state index contributed by atoms with van der Waals surface area (Å²) in [6.07, 6.45) is 0.388. The second kappa shape index (κ2) is 9.68. The first-order valence-electron chi connectivity index (χ1n) is 8.67. The first kappa shape index (κ1) is 21.1. The van der Waals surface area contributed by atoms with Gasteiger partial charge < -0.3 is 20.1 Å². The van der Waals surface area contributed by atoms with Crippen molar-refractivity contribution < 1.29 is 27.8 Å². The second-order valence-electron chi connectivity index (χ2n) is 5.96. The summed E-state index contributed by atoms with van der Waals surface area (Å²) < 4.78 is 34.1. The van der Waals surface area contributed by atoms with Crippen LogP contribution in [0.4, 0.5) is 14.5 Å². The number of methoxy groups -OCH3 is 1. The highest BCUT2D eigenvalue weighted by Gasteiger charge is 2.16. The van der Waals surface area contributed by atoms with Crippen LogP contribution in [-0.2, 0) is 4.79 Å². The first-order valence-corrected chi connectivity index (χ1v) is 8.67. The van der Waals surface area contributed by atoms with Crippen LogP contribution in [0, 0.1) is 0 Å². The molecule has 0 aliphatic rings. The van der Waals surface area contributed by atoms with E-state index >= 15 is 0 Å². The molecule has 0 aromatic heterocycles. The number of carbonyl (C=O) groups is 2. The molecule has 1 unspecified atom stereocenters. The number of ether oxygens (including phenoxy) is 2. The van der Waals surface area contributed by atoms with Crippen molar-refractivity contribution in [3.63, 3.8) is 0 Å². The molecule has 0 fully saturated rings. The zero-order valence-corrected chi connectivity index (χ0v) is 15.8. The minimum Gasteiger partial charge on any atom is -0.493 e. The molecular formula is C20H22F2N2O4. The monoisotopic (exact) mass is 392 g/mol. The van der Waals surface area contributed by atoms with Crippen LogP contribution < -0.4 is 20.1 Å². The fraction of sp³-hybridized carbons (Fsp3) is 0.300. The summed E-state index contributed by atoms with van der Waals surface area (Å²) in [6.45, 7) is 0.588. The molecular weight excluding hydrogens is 370 g/mol. The number of benzene rings is 2. The Bertz CT molecular complexity index is 825. The average Bonchev–Trinajstić information content (AvgIpc) is 2.68. The lowest BCUT2D eigenvalue weighted by Crippen LogP contribution is -2.26. The van der Waals surface area contributed by atoms with Crippen LogP contribution in [0.3, 0.4) is 0 Å². The molecule has 2 amide bonds. The Balaban J connectivity index is 2.06. The lowest BCUT2D eigenvalue weighted by atomic mass is 10.1. The van der Waals surface area contributed by atoms with Gasteiger partial charge in [0.25, 0.3) is 5.91 Å². The molecule has 0 aliphatic carbocycles. The van der Waals surface area contributed by atoms with E-state index in [0.29, 0.717) is 12.1 Å². The molecule has 0 saturated carbocycles. The molecule has 6 nitrogen and oxygen atoms in total. The van der Waals surface area contributed by atoms with Crippen LogP contribution in [0.25, 0.3) is 0 Å². The van der Waals surface area contributed by atoms with E-state index < -0.39 is 12.5 Å². The van der Waals surface area contributed by atoms with Crippen molar-refractivity contribution in [2.75, 3.05) is 12.4 Å². The largest absolute Gasteiger partial charge is 0.493 e. The van der Waals surface area contributed by atoms with Gasteiger partial charge in [-0.25, -0.2) is 0 Å². The van der Waals surface area contributed by atoms with Crippen molar-refractivity contribution in [2.45, 2.75) is 32.9 Å². The van der Waals surface area contributed by atoms with Crippen molar-refractivity contribution in [3.05, 3.63) is 53.6 Å². The molecule has 1 atom stereocenters. The van der Waals surface area contributed by atoms with E-state index in [-0.39, 0.29) is 29.0 Å². The van der Waals surface area contributed by atoms with Crippen molar-refractivity contribution in [1.82, 2.24) is 5.32 Å². The Morgan fingerprint density at radius 1 is 1.07 bits per heavy atom. The SMILES string of the molecule is CCC(=O)Nc1ccc(C(C)NC(=O)c2ccc(OC(F)F)c(OC)c2)cc1. The molecule has 2 rings (SSSR count). The van der Waals surface area contributed by atoms with E-state index in [0.717, 1.165) is 5.56 Å². The number of alkyl halides is 2. The van der Waals surface area contributed by atoms with Crippen molar-refractivity contribution in [1.29, 1.82) is 0 Å². The Morgan fingerprint density at radius 2 is 1.75 bits per heavy atom. The van der Waals surface area contributed by atoms with Gasteiger partial charge >= 0.3 is 6.61 Å². The molecule has 2 N–H and O–H groups in total. The van der Waals surface area contributed by atoms with Crippen molar-refractivity contribution in [2.24, 2.45) is 0 Å². The maximum absolute atomic E-state index is 12.5. The van der Waals surface area contributed by atoms with Gasteiger partial charge in [0, 0.05) is 17.7 Å². The van der Waals surface area contributed by atoms with E-state index in [9.17, 15) is 18.4 Å². The average molecular weight is 392 g/mol. The molecule has 150 valence electrons. The number of nitrogens with one attached hydrogen (secondary N) is 2. The van der Waals surface area contributed by atoms with E-state index in [1.165, 1.54) is 25.3 Å². The Morgan fingerprint density at radius 3 is 2.32 bits per heavy atom. The van der Waals surface area contributed by atoms with Crippen LogP contribution in [0.15, 0.2) is 42.5 Å². The molecule has 2 aromatic carbocycles. The number of halogens is 2. The summed E-state index contributed by atoms with van der Waals surface area (Å²) in [4.78, 5) is 23.9. The van der Waals surface area contributed by atoms with Crippen LogP contribution >= 0.6 is 0 Å². The summed E-state index contributed by atoms with van der Waals surface area (Å²) in [5, 5.41) is 5.57. The van der Waals surface area contributed by atoms with E-state index in [1.54, 1.807) is 31.2 Å². The maximum atomic E-state index is 12.5. The Kier molecular flexibility index (Phi) is 7.31. The molecule has 0 aliphatic heterocycles. The van der Waals surface area contributed by atoms with Gasteiger partial charge in [-0.1, -0.05) is 19.1 Å². The van der Waals surface area contributed by atoms with E-state index in [1.807, 2.05) is 6.92 Å². The fourth-order valence-corrected chi connectivity index (χ4v) is 2.47. The third kappa shape index (κ3) is 5.67. The van der Waals surface area contributed by atoms with Crippen LogP contribution in [0.2, 0.25) is 0 Å². The molecule has 0 saturated heterocycles. The van der Waals surface area contributed by atoms with Gasteiger partial charge in [-0.3, -0.25) is 9.59 Å². The lowest BCUT2D eigenvalue weighted by molar-refractivity contribution is -0.115. The number of hydrogen-bond donors (Lipinski definition) is 2. The molecule has 0 bridgehead atoms. The predicted molar refractivity (Wildman–Crippen MR) is 101 cm³/mol. The molecule has 8 heteroatoms. The maximum Gasteiger partial charge on any atom is 0.387 e. The van der Waals surface area contributed by atoms with Crippen molar-refractivity contribution in [3.8, 4) is 11.5 Å². The number of amides is 2. The molecule has 0 spiro atoms. The van der Waals surface area contributed by atoms with Gasteiger partial charge in [0.2, 0.25) is 5.91 Å². The highest BCUT2D eigenvalue weighted by molar-refractivity contribution is 5.95. The first-order chi connectivity index (χ1) is 13.3. The topological polar surface area (TPSA) is 76.7 Å². The fourth-order valence-electron chi connectivity index (χ4n) is 2.47. The Hall–Kier alpha value is -3.16. The number of anilines is 1. The highest BCUT2D eigenvalue weighted by Crippen LogP contribution is 2.29. The number of carbonyl (C=O) groups excluding carboxylic acids is 2. The van der Waals surface area contributed by atoms with Gasteiger partial charge in [-0.2, -0.15) is 8.78 Å². The zero-order valence-electron chi connectivity index (χ0n) is 15.8. The summed E-state index contributed by atoms with van der Waals surface area (Å²) in [5.74, 6) is -0.580. The highest BCUT2D eigenvalue weighted by atomic mass is 19.3. The van der Waals surface area contributed by atoms with Gasteiger partial charge in [-0.15, -0.1) is 0 Å². The Labute approximate surface area is 161 Å². The van der Waals surface area contributed by atoms with Crippen LogP contribution in [0.1, 0.15) is 42.2 Å². The third-order valence-corrected chi connectivity index (χ3v) is 4.01. The zero-order chi connectivity index (χ0) is 20.7. The number of rotatable bonds is 8. The summed E-state index contributed by atoms with van der Waals surface area (Å²) >= 11 is 0. The molecule has 0 radical (unpaired) electrons. The molecule has 28 heavy (non-hydrogen) atoms. The third-order valence-electron chi connectivity index (χ3n) is 4.01. The quantitative estimate of drug-likeness (QED) is 0.708. The van der Waals surface area contributed by atoms with Gasteiger partial charge in [-0.05, 0) is 42.8 Å². The van der Waals surface area contributed by atoms with Crippen molar-refractivity contribution >= 4 is 17.5 Å². The smallest absolute Gasteiger partial charge is 0.387 e. The lowest BCUT2D eigenvalue weighted by Gasteiger charge is -2.16.